The number of esters is 1. The number of carbonyl (C=O) groups is 1. The van der Waals surface area contributed by atoms with Crippen molar-refractivity contribution in [2.75, 3.05) is 7.11 Å². The molecule has 2 rings (SSSR count). The molecule has 0 unspecified atom stereocenters. The van der Waals surface area contributed by atoms with Crippen molar-refractivity contribution in [2.24, 2.45) is 0 Å². The minimum atomic E-state index is -4.67. The normalized spacial score (nSPS) is 11.1. The Bertz CT molecular complexity index is 651. The molecule has 0 N–H and O–H groups in total. The molecule has 0 aliphatic carbocycles. The fraction of sp³-hybridized carbons (Fsp3) is 0.188. The minimum absolute atomic E-state index is 0.0313. The lowest BCUT2D eigenvalue weighted by atomic mass is 10.1. The van der Waals surface area contributed by atoms with E-state index in [9.17, 15) is 18.0 Å². The number of halogens is 3. The molecule has 3 nitrogen and oxygen atoms in total. The highest BCUT2D eigenvalue weighted by atomic mass is 19.4. The maximum absolute atomic E-state index is 13.0. The molecule has 0 aromatic heterocycles. The highest BCUT2D eigenvalue weighted by Crippen LogP contribution is 2.34. The van der Waals surface area contributed by atoms with Crippen molar-refractivity contribution in [1.29, 1.82) is 0 Å². The smallest absolute Gasteiger partial charge is 0.417 e. The lowest BCUT2D eigenvalue weighted by Gasteiger charge is -2.14. The van der Waals surface area contributed by atoms with E-state index < -0.39 is 23.3 Å². The Labute approximate surface area is 125 Å². The van der Waals surface area contributed by atoms with Crippen LogP contribution in [-0.4, -0.2) is 13.1 Å². The summed E-state index contributed by atoms with van der Waals surface area (Å²) in [6.45, 7) is 0.135. The third kappa shape index (κ3) is 3.78. The van der Waals surface area contributed by atoms with E-state index >= 15 is 0 Å². The number of hydrogen-bond donors (Lipinski definition) is 0. The molecule has 0 spiro atoms. The molecule has 0 atom stereocenters. The van der Waals surface area contributed by atoms with Crippen LogP contribution in [0.15, 0.2) is 48.5 Å². The molecule has 0 fully saturated rings. The van der Waals surface area contributed by atoms with Gasteiger partial charge in [-0.2, -0.15) is 13.2 Å². The molecule has 0 heterocycles. The van der Waals surface area contributed by atoms with Crippen LogP contribution in [0.5, 0.6) is 5.75 Å². The summed E-state index contributed by atoms with van der Waals surface area (Å²) >= 11 is 0. The van der Waals surface area contributed by atoms with Crippen molar-refractivity contribution in [3.05, 3.63) is 65.2 Å². The van der Waals surface area contributed by atoms with Crippen molar-refractivity contribution in [2.45, 2.75) is 12.8 Å². The molecule has 6 heteroatoms. The second-order valence-corrected chi connectivity index (χ2v) is 4.47. The predicted molar refractivity (Wildman–Crippen MR) is 73.6 cm³/mol. The second-order valence-electron chi connectivity index (χ2n) is 4.47. The Morgan fingerprint density at radius 2 is 1.77 bits per heavy atom. The largest absolute Gasteiger partial charge is 0.489 e. The van der Waals surface area contributed by atoms with Crippen LogP contribution in [0, 0.1) is 0 Å². The number of alkyl halides is 3. The molecule has 0 saturated carbocycles. The third-order valence-electron chi connectivity index (χ3n) is 2.95. The van der Waals surface area contributed by atoms with Gasteiger partial charge in [0.15, 0.2) is 0 Å². The van der Waals surface area contributed by atoms with E-state index in [0.717, 1.165) is 24.8 Å². The van der Waals surface area contributed by atoms with E-state index in [1.165, 1.54) is 6.07 Å². The van der Waals surface area contributed by atoms with Gasteiger partial charge in [0.05, 0.1) is 18.2 Å². The third-order valence-corrected chi connectivity index (χ3v) is 2.95. The Morgan fingerprint density at radius 1 is 1.09 bits per heavy atom. The van der Waals surface area contributed by atoms with E-state index in [4.69, 9.17) is 4.74 Å². The van der Waals surface area contributed by atoms with Gasteiger partial charge in [-0.15, -0.1) is 0 Å². The zero-order valence-corrected chi connectivity index (χ0v) is 11.7. The number of ether oxygens (including phenoxy) is 2. The van der Waals surface area contributed by atoms with Gasteiger partial charge in [0.2, 0.25) is 0 Å². The van der Waals surface area contributed by atoms with Gasteiger partial charge < -0.3 is 9.47 Å². The summed E-state index contributed by atoms with van der Waals surface area (Å²) in [6, 6.07) is 12.2. The van der Waals surface area contributed by atoms with Crippen molar-refractivity contribution >= 4 is 5.97 Å². The van der Waals surface area contributed by atoms with Gasteiger partial charge in [-0.1, -0.05) is 30.3 Å². The quantitative estimate of drug-likeness (QED) is 0.799. The van der Waals surface area contributed by atoms with Gasteiger partial charge in [-0.25, -0.2) is 4.79 Å². The van der Waals surface area contributed by atoms with Gasteiger partial charge >= 0.3 is 12.1 Å². The van der Waals surface area contributed by atoms with Gasteiger partial charge in [0, 0.05) is 0 Å². The molecule has 116 valence electrons. The second kappa shape index (κ2) is 6.51. The van der Waals surface area contributed by atoms with Crippen LogP contribution in [-0.2, 0) is 17.5 Å². The lowest BCUT2D eigenvalue weighted by molar-refractivity contribution is -0.138. The van der Waals surface area contributed by atoms with Crippen LogP contribution >= 0.6 is 0 Å². The van der Waals surface area contributed by atoms with Crippen LogP contribution in [0.3, 0.4) is 0 Å². The Balaban J connectivity index is 2.25. The van der Waals surface area contributed by atoms with Crippen molar-refractivity contribution in [3.8, 4) is 5.75 Å². The summed E-state index contributed by atoms with van der Waals surface area (Å²) in [5, 5.41) is 0. The molecular formula is C16H13F3O3. The molecule has 0 saturated heterocycles. The average molecular weight is 310 g/mol. The first-order chi connectivity index (χ1) is 10.4. The average Bonchev–Trinajstić information content (AvgIpc) is 2.52. The molecule has 22 heavy (non-hydrogen) atoms. The molecule has 2 aromatic carbocycles. The summed E-state index contributed by atoms with van der Waals surface area (Å²) < 4.78 is 48.8. The number of hydrogen-bond acceptors (Lipinski definition) is 3. The van der Waals surface area contributed by atoms with Crippen LogP contribution < -0.4 is 4.74 Å². The molecule has 2 aromatic rings. The lowest BCUT2D eigenvalue weighted by Crippen LogP contribution is -2.14. The minimum Gasteiger partial charge on any atom is -0.489 e. The topological polar surface area (TPSA) is 35.5 Å². The first kappa shape index (κ1) is 15.9. The van der Waals surface area contributed by atoms with Crippen LogP contribution in [0.25, 0.3) is 0 Å². The van der Waals surface area contributed by atoms with Crippen molar-refractivity contribution in [1.82, 2.24) is 0 Å². The zero-order chi connectivity index (χ0) is 16.2. The molecule has 0 aliphatic rings. The SMILES string of the molecule is COC(=O)c1ccc(OCc2ccccc2)cc1C(F)(F)F. The first-order valence-corrected chi connectivity index (χ1v) is 6.38. The van der Waals surface area contributed by atoms with Crippen LogP contribution in [0.1, 0.15) is 21.5 Å². The van der Waals surface area contributed by atoms with E-state index in [-0.39, 0.29) is 12.4 Å². The Kier molecular flexibility index (Phi) is 4.70. The van der Waals surface area contributed by atoms with E-state index in [1.807, 2.05) is 6.07 Å². The van der Waals surface area contributed by atoms with E-state index in [0.29, 0.717) is 0 Å². The first-order valence-electron chi connectivity index (χ1n) is 6.38. The summed E-state index contributed by atoms with van der Waals surface area (Å²) in [7, 11) is 1.03. The van der Waals surface area contributed by atoms with Crippen LogP contribution in [0.2, 0.25) is 0 Å². The summed E-state index contributed by atoms with van der Waals surface area (Å²) in [5.41, 5.74) is -0.792. The molecule has 0 aliphatic heterocycles. The fourth-order valence-electron chi connectivity index (χ4n) is 1.88. The van der Waals surface area contributed by atoms with Crippen molar-refractivity contribution < 1.29 is 27.4 Å². The molecule has 0 amide bonds. The zero-order valence-electron chi connectivity index (χ0n) is 11.7. The fourth-order valence-corrected chi connectivity index (χ4v) is 1.88. The highest BCUT2D eigenvalue weighted by Gasteiger charge is 2.36. The number of carbonyl (C=O) groups excluding carboxylic acids is 1. The molecule has 0 bridgehead atoms. The number of benzene rings is 2. The summed E-state index contributed by atoms with van der Waals surface area (Å²) in [4.78, 5) is 11.4. The van der Waals surface area contributed by atoms with Crippen LogP contribution in [0.4, 0.5) is 13.2 Å². The Hall–Kier alpha value is -2.50. The van der Waals surface area contributed by atoms with Crippen molar-refractivity contribution in [3.63, 3.8) is 0 Å². The monoisotopic (exact) mass is 310 g/mol. The molecular weight excluding hydrogens is 297 g/mol. The van der Waals surface area contributed by atoms with Gasteiger partial charge in [0.25, 0.3) is 0 Å². The van der Waals surface area contributed by atoms with E-state index in [2.05, 4.69) is 4.74 Å². The van der Waals surface area contributed by atoms with E-state index in [1.54, 1.807) is 24.3 Å². The van der Waals surface area contributed by atoms with Gasteiger partial charge in [0.1, 0.15) is 12.4 Å². The maximum atomic E-state index is 13.0. The molecule has 0 radical (unpaired) electrons. The maximum Gasteiger partial charge on any atom is 0.417 e. The van der Waals surface area contributed by atoms with Gasteiger partial charge in [-0.3, -0.25) is 0 Å². The summed E-state index contributed by atoms with van der Waals surface area (Å²) in [5.74, 6) is -1.01. The standard InChI is InChI=1S/C16H13F3O3/c1-21-15(20)13-8-7-12(9-14(13)16(17,18)19)22-10-11-5-3-2-4-6-11/h2-9H,10H2,1H3. The highest BCUT2D eigenvalue weighted by molar-refractivity contribution is 5.91. The van der Waals surface area contributed by atoms with Gasteiger partial charge in [-0.05, 0) is 23.8 Å². The number of rotatable bonds is 4. The number of methoxy groups -OCH3 is 1. The predicted octanol–water partition coefficient (Wildman–Crippen LogP) is 4.07. The Morgan fingerprint density at radius 3 is 2.36 bits per heavy atom. The summed E-state index contributed by atoms with van der Waals surface area (Å²) in [6.07, 6.45) is -4.67.